The second-order valence-electron chi connectivity index (χ2n) is 7.71. The fourth-order valence-corrected chi connectivity index (χ4v) is 4.92. The lowest BCUT2D eigenvalue weighted by molar-refractivity contribution is -0.134. The van der Waals surface area contributed by atoms with Gasteiger partial charge >= 0.3 is 0 Å². The maximum atomic E-state index is 13.0. The molecular formula is C19H25N5O2S. The van der Waals surface area contributed by atoms with Crippen LogP contribution in [0, 0.1) is 19.8 Å². The molecule has 8 heteroatoms. The molecule has 3 saturated heterocycles. The largest absolute Gasteiger partial charge is 0.338 e. The van der Waals surface area contributed by atoms with Crippen molar-refractivity contribution in [1.82, 2.24) is 24.8 Å². The number of fused-ring (bicyclic) bond motifs is 4. The van der Waals surface area contributed by atoms with Crippen LogP contribution in [0.5, 0.6) is 0 Å². The Bertz CT molecular complexity index is 879. The SMILES string of the molecule is Cc1nc(C)c(CC(=O)N2C[C@H]3CC[C@@H]2CN(Cc2cscn2)C3)c(=O)[nH]1. The fraction of sp³-hybridized carbons (Fsp3) is 0.579. The Labute approximate surface area is 162 Å². The minimum atomic E-state index is -0.196. The van der Waals surface area contributed by atoms with Crippen molar-refractivity contribution < 1.29 is 4.79 Å². The lowest BCUT2D eigenvalue weighted by Gasteiger charge is -2.36. The van der Waals surface area contributed by atoms with E-state index >= 15 is 0 Å². The van der Waals surface area contributed by atoms with Gasteiger partial charge in [0.05, 0.1) is 17.6 Å². The van der Waals surface area contributed by atoms with Gasteiger partial charge in [0.25, 0.3) is 5.56 Å². The van der Waals surface area contributed by atoms with Crippen LogP contribution in [0.25, 0.3) is 0 Å². The summed E-state index contributed by atoms with van der Waals surface area (Å²) in [7, 11) is 0. The van der Waals surface area contributed by atoms with E-state index < -0.39 is 0 Å². The zero-order valence-corrected chi connectivity index (χ0v) is 16.6. The van der Waals surface area contributed by atoms with Crippen molar-refractivity contribution >= 4 is 17.2 Å². The summed E-state index contributed by atoms with van der Waals surface area (Å²) in [6.07, 6.45) is 2.32. The number of H-pyrrole nitrogens is 1. The molecule has 2 aromatic rings. The number of aromatic amines is 1. The summed E-state index contributed by atoms with van der Waals surface area (Å²) in [4.78, 5) is 41.2. The highest BCUT2D eigenvalue weighted by Crippen LogP contribution is 2.29. The molecule has 5 rings (SSSR count). The Hall–Kier alpha value is -2.06. The van der Waals surface area contributed by atoms with Gasteiger partial charge in [-0.1, -0.05) is 0 Å². The molecule has 1 N–H and O–H groups in total. The topological polar surface area (TPSA) is 82.2 Å². The number of rotatable bonds is 4. The molecule has 2 aromatic heterocycles. The number of carbonyl (C=O) groups excluding carboxylic acids is 1. The van der Waals surface area contributed by atoms with Gasteiger partial charge < -0.3 is 9.88 Å². The second-order valence-corrected chi connectivity index (χ2v) is 8.43. The Balaban J connectivity index is 1.48. The second kappa shape index (κ2) is 7.52. The van der Waals surface area contributed by atoms with Crippen molar-refractivity contribution in [2.24, 2.45) is 5.92 Å². The van der Waals surface area contributed by atoms with Crippen molar-refractivity contribution in [2.45, 2.75) is 45.7 Å². The molecule has 144 valence electrons. The molecule has 0 aliphatic carbocycles. The van der Waals surface area contributed by atoms with Crippen LogP contribution < -0.4 is 5.56 Å². The summed E-state index contributed by atoms with van der Waals surface area (Å²) in [6, 6.07) is 0.215. The third-order valence-corrected chi connectivity index (χ3v) is 6.28. The number of piperidine rings is 1. The van der Waals surface area contributed by atoms with Gasteiger partial charge in [-0.2, -0.15) is 0 Å². The van der Waals surface area contributed by atoms with Crippen LogP contribution in [-0.4, -0.2) is 56.3 Å². The first-order valence-corrected chi connectivity index (χ1v) is 10.4. The molecule has 0 unspecified atom stereocenters. The van der Waals surface area contributed by atoms with E-state index in [4.69, 9.17) is 0 Å². The van der Waals surface area contributed by atoms with Crippen LogP contribution in [-0.2, 0) is 17.8 Å². The van der Waals surface area contributed by atoms with E-state index in [1.54, 1.807) is 25.2 Å². The zero-order valence-electron chi connectivity index (χ0n) is 15.8. The van der Waals surface area contributed by atoms with Gasteiger partial charge in [0.15, 0.2) is 0 Å². The van der Waals surface area contributed by atoms with Gasteiger partial charge in [0.2, 0.25) is 5.91 Å². The van der Waals surface area contributed by atoms with Crippen molar-refractivity contribution in [1.29, 1.82) is 0 Å². The monoisotopic (exact) mass is 387 g/mol. The minimum absolute atomic E-state index is 0.0412. The van der Waals surface area contributed by atoms with Crippen LogP contribution in [0.1, 0.15) is 35.6 Å². The molecule has 2 atom stereocenters. The number of aryl methyl sites for hydroxylation is 2. The van der Waals surface area contributed by atoms with Crippen molar-refractivity contribution in [3.05, 3.63) is 44.0 Å². The maximum Gasteiger partial charge on any atom is 0.254 e. The summed E-state index contributed by atoms with van der Waals surface area (Å²) >= 11 is 1.62. The number of nitrogens with zero attached hydrogens (tertiary/aromatic N) is 4. The molecule has 27 heavy (non-hydrogen) atoms. The molecule has 1 amide bonds. The smallest absolute Gasteiger partial charge is 0.254 e. The standard InChI is InChI=1S/C19H25N5O2S/c1-12-17(19(26)22-13(2)21-12)5-18(25)24-7-14-3-4-16(24)9-23(6-14)8-15-10-27-11-20-15/h10-11,14,16H,3-9H2,1-2H3,(H,21,22,26)/t14-,16+/m0/s1. The minimum Gasteiger partial charge on any atom is -0.338 e. The summed E-state index contributed by atoms with van der Waals surface area (Å²) < 4.78 is 0. The number of hydrogen-bond acceptors (Lipinski definition) is 6. The van der Waals surface area contributed by atoms with E-state index in [9.17, 15) is 9.59 Å². The Kier molecular flexibility index (Phi) is 5.10. The number of aromatic nitrogens is 3. The average Bonchev–Trinajstić information content (AvgIpc) is 2.96. The molecule has 3 aliphatic heterocycles. The summed E-state index contributed by atoms with van der Waals surface area (Å²) in [5.74, 6) is 1.11. The number of thiazole rings is 1. The van der Waals surface area contributed by atoms with E-state index in [2.05, 4.69) is 25.2 Å². The van der Waals surface area contributed by atoms with Gasteiger partial charge in [0.1, 0.15) is 5.82 Å². The van der Waals surface area contributed by atoms with Crippen LogP contribution in [0.3, 0.4) is 0 Å². The molecule has 3 fully saturated rings. The van der Waals surface area contributed by atoms with Crippen LogP contribution in [0.2, 0.25) is 0 Å². The average molecular weight is 388 g/mol. The first kappa shape index (κ1) is 18.3. The van der Waals surface area contributed by atoms with Gasteiger partial charge in [-0.15, -0.1) is 11.3 Å². The molecule has 0 radical (unpaired) electrons. The summed E-state index contributed by atoms with van der Waals surface area (Å²) in [5.41, 5.74) is 3.91. The predicted octanol–water partition coefficient (Wildman–Crippen LogP) is 1.51. The molecule has 0 saturated carbocycles. The van der Waals surface area contributed by atoms with E-state index in [0.29, 0.717) is 23.0 Å². The molecule has 0 aromatic carbocycles. The van der Waals surface area contributed by atoms with Crippen LogP contribution >= 0.6 is 11.3 Å². The molecule has 2 bridgehead atoms. The number of carbonyl (C=O) groups is 1. The zero-order chi connectivity index (χ0) is 19.0. The number of hydrogen-bond donors (Lipinski definition) is 1. The lowest BCUT2D eigenvalue weighted by atomic mass is 9.94. The fourth-order valence-electron chi connectivity index (χ4n) is 4.37. The van der Waals surface area contributed by atoms with Gasteiger partial charge in [-0.05, 0) is 32.6 Å². The lowest BCUT2D eigenvalue weighted by Crippen LogP contribution is -2.48. The predicted molar refractivity (Wildman–Crippen MR) is 104 cm³/mol. The highest BCUT2D eigenvalue weighted by Gasteiger charge is 2.37. The highest BCUT2D eigenvalue weighted by atomic mass is 32.1. The van der Waals surface area contributed by atoms with E-state index in [-0.39, 0.29) is 23.9 Å². The van der Waals surface area contributed by atoms with Crippen molar-refractivity contribution in [3.8, 4) is 0 Å². The summed E-state index contributed by atoms with van der Waals surface area (Å²) in [5, 5.41) is 2.09. The van der Waals surface area contributed by atoms with E-state index in [1.807, 2.05) is 10.4 Å². The van der Waals surface area contributed by atoms with Gasteiger partial charge in [-0.25, -0.2) is 9.97 Å². The Morgan fingerprint density at radius 1 is 1.30 bits per heavy atom. The number of nitrogens with one attached hydrogen (secondary N) is 1. The van der Waals surface area contributed by atoms with Gasteiger partial charge in [-0.3, -0.25) is 14.5 Å². The first-order valence-electron chi connectivity index (χ1n) is 9.45. The van der Waals surface area contributed by atoms with Crippen LogP contribution in [0.15, 0.2) is 15.7 Å². The quantitative estimate of drug-likeness (QED) is 0.860. The van der Waals surface area contributed by atoms with Crippen molar-refractivity contribution in [2.75, 3.05) is 19.6 Å². The molecular weight excluding hydrogens is 362 g/mol. The third-order valence-electron chi connectivity index (χ3n) is 5.65. The van der Waals surface area contributed by atoms with Gasteiger partial charge in [0, 0.05) is 48.9 Å². The maximum absolute atomic E-state index is 13.0. The molecule has 7 nitrogen and oxygen atoms in total. The molecule has 0 spiro atoms. The van der Waals surface area contributed by atoms with Crippen molar-refractivity contribution in [3.63, 3.8) is 0 Å². The van der Waals surface area contributed by atoms with E-state index in [0.717, 1.165) is 44.7 Å². The normalized spacial score (nSPS) is 22.8. The molecule has 3 aliphatic rings. The Morgan fingerprint density at radius 3 is 2.89 bits per heavy atom. The number of amides is 1. The molecule has 5 heterocycles. The Morgan fingerprint density at radius 2 is 2.15 bits per heavy atom. The van der Waals surface area contributed by atoms with E-state index in [1.165, 1.54) is 0 Å². The summed E-state index contributed by atoms with van der Waals surface area (Å²) in [6.45, 7) is 7.07. The first-order chi connectivity index (χ1) is 13.0. The highest BCUT2D eigenvalue weighted by molar-refractivity contribution is 7.07. The third kappa shape index (κ3) is 3.96. The van der Waals surface area contributed by atoms with Crippen LogP contribution in [0.4, 0.5) is 0 Å².